The highest BCUT2D eigenvalue weighted by Crippen LogP contribution is 2.28. The molecule has 2 aromatic rings. The molecule has 0 aliphatic rings. The number of thiophene rings is 1. The first-order valence-corrected chi connectivity index (χ1v) is 6.36. The molecule has 0 aliphatic heterocycles. The first kappa shape index (κ1) is 12.4. The van der Waals surface area contributed by atoms with Crippen molar-refractivity contribution in [1.29, 1.82) is 0 Å². The summed E-state index contributed by atoms with van der Waals surface area (Å²) in [6.07, 6.45) is 0. The molecule has 1 aromatic heterocycles. The molecule has 18 heavy (non-hydrogen) atoms. The molecular weight excluding hydrogens is 246 g/mol. The third-order valence-electron chi connectivity index (χ3n) is 2.57. The number of benzene rings is 1. The molecule has 1 aromatic carbocycles. The molecule has 0 aliphatic carbocycles. The fourth-order valence-electron chi connectivity index (χ4n) is 1.58. The summed E-state index contributed by atoms with van der Waals surface area (Å²) in [5.41, 5.74) is 13.8. The molecule has 5 heteroatoms. The molecule has 2 rings (SSSR count). The lowest BCUT2D eigenvalue weighted by molar-refractivity contribution is 0.100. The number of nitrogens with two attached hydrogens (primary N) is 2. The second kappa shape index (κ2) is 5.10. The van der Waals surface area contributed by atoms with Crippen LogP contribution in [0.1, 0.15) is 20.8 Å². The minimum atomic E-state index is -0.485. The normalized spacial score (nSPS) is 10.3. The first-order valence-electron chi connectivity index (χ1n) is 5.55. The highest BCUT2D eigenvalue weighted by atomic mass is 32.1. The Kier molecular flexibility index (Phi) is 3.53. The summed E-state index contributed by atoms with van der Waals surface area (Å²) in [7, 11) is 0. The van der Waals surface area contributed by atoms with Crippen molar-refractivity contribution < 1.29 is 4.79 Å². The van der Waals surface area contributed by atoms with E-state index in [0.717, 1.165) is 5.00 Å². The predicted octanol–water partition coefficient (Wildman–Crippen LogP) is 2.35. The Balaban J connectivity index is 2.04. The number of carbonyl (C=O) groups is 1. The highest BCUT2D eigenvalue weighted by molar-refractivity contribution is 7.18. The second-order valence-electron chi connectivity index (χ2n) is 4.10. The van der Waals surface area contributed by atoms with E-state index in [1.807, 2.05) is 0 Å². The van der Waals surface area contributed by atoms with E-state index in [4.69, 9.17) is 11.5 Å². The summed E-state index contributed by atoms with van der Waals surface area (Å²) in [6, 6.07) is 9.99. The smallest absolute Gasteiger partial charge is 0.260 e. The lowest BCUT2D eigenvalue weighted by Gasteiger charge is -2.03. The molecule has 1 amide bonds. The molecule has 0 radical (unpaired) electrons. The molecule has 0 spiro atoms. The maximum atomic E-state index is 11.1. The number of nitrogen functional groups attached to an aromatic ring is 1. The number of nitrogens with one attached hydrogen (secondary N) is 1. The molecule has 0 atom stereocenters. The number of primary amides is 1. The summed E-state index contributed by atoms with van der Waals surface area (Å²) < 4.78 is 0. The average Bonchev–Trinajstić information content (AvgIpc) is 2.70. The monoisotopic (exact) mass is 261 g/mol. The van der Waals surface area contributed by atoms with Crippen molar-refractivity contribution in [3.8, 4) is 0 Å². The summed E-state index contributed by atoms with van der Waals surface area (Å²) in [5, 5.41) is 4.08. The van der Waals surface area contributed by atoms with Crippen molar-refractivity contribution in [2.45, 2.75) is 13.5 Å². The maximum Gasteiger partial charge on any atom is 0.260 e. The summed E-state index contributed by atoms with van der Waals surface area (Å²) >= 11 is 1.28. The van der Waals surface area contributed by atoms with E-state index < -0.39 is 5.91 Å². The van der Waals surface area contributed by atoms with Crippen molar-refractivity contribution in [3.05, 3.63) is 46.3 Å². The van der Waals surface area contributed by atoms with Crippen LogP contribution in [0.25, 0.3) is 0 Å². The van der Waals surface area contributed by atoms with Gasteiger partial charge in [-0.3, -0.25) is 4.79 Å². The summed E-state index contributed by atoms with van der Waals surface area (Å²) in [5.74, 6) is -0.485. The minimum Gasteiger partial charge on any atom is -0.397 e. The molecule has 0 unspecified atom stereocenters. The number of aryl methyl sites for hydroxylation is 1. The number of hydrogen-bond acceptors (Lipinski definition) is 4. The fraction of sp³-hybridized carbons (Fsp3) is 0.154. The van der Waals surface area contributed by atoms with Crippen molar-refractivity contribution in [1.82, 2.24) is 0 Å². The van der Waals surface area contributed by atoms with Crippen LogP contribution in [0.4, 0.5) is 10.7 Å². The van der Waals surface area contributed by atoms with Crippen molar-refractivity contribution in [2.24, 2.45) is 5.73 Å². The van der Waals surface area contributed by atoms with Crippen LogP contribution in [0.15, 0.2) is 30.3 Å². The molecule has 0 fully saturated rings. The quantitative estimate of drug-likeness (QED) is 0.790. The van der Waals surface area contributed by atoms with Gasteiger partial charge in [0.15, 0.2) is 0 Å². The van der Waals surface area contributed by atoms with Gasteiger partial charge in [-0.05, 0) is 18.6 Å². The van der Waals surface area contributed by atoms with Gasteiger partial charge < -0.3 is 16.8 Å². The van der Waals surface area contributed by atoms with Gasteiger partial charge in [0.1, 0.15) is 4.88 Å². The molecule has 0 bridgehead atoms. The van der Waals surface area contributed by atoms with Crippen LogP contribution in [0, 0.1) is 6.92 Å². The van der Waals surface area contributed by atoms with Crippen LogP contribution >= 0.6 is 11.3 Å². The van der Waals surface area contributed by atoms with E-state index in [9.17, 15) is 4.79 Å². The highest BCUT2D eigenvalue weighted by Gasteiger charge is 2.10. The SMILES string of the molecule is Cc1ccc(CNc2cc(N)c(C(N)=O)s2)cc1. The molecule has 0 saturated heterocycles. The van der Waals surface area contributed by atoms with E-state index in [1.54, 1.807) is 6.07 Å². The zero-order valence-corrected chi connectivity index (χ0v) is 10.9. The number of hydrogen-bond donors (Lipinski definition) is 3. The summed E-state index contributed by atoms with van der Waals surface area (Å²) in [4.78, 5) is 11.5. The number of amides is 1. The van der Waals surface area contributed by atoms with Gasteiger partial charge in [-0.15, -0.1) is 11.3 Å². The van der Waals surface area contributed by atoms with Gasteiger partial charge in [-0.2, -0.15) is 0 Å². The van der Waals surface area contributed by atoms with Gasteiger partial charge >= 0.3 is 0 Å². The van der Waals surface area contributed by atoms with Crippen LogP contribution in [0.3, 0.4) is 0 Å². The van der Waals surface area contributed by atoms with Crippen LogP contribution in [-0.4, -0.2) is 5.91 Å². The van der Waals surface area contributed by atoms with Crippen LogP contribution in [0.5, 0.6) is 0 Å². The molecule has 5 N–H and O–H groups in total. The molecular formula is C13H15N3OS. The molecule has 4 nitrogen and oxygen atoms in total. The standard InChI is InChI=1S/C13H15N3OS/c1-8-2-4-9(5-3-8)7-16-11-6-10(14)12(18-11)13(15)17/h2-6,16H,7,14H2,1H3,(H2,15,17). The lowest BCUT2D eigenvalue weighted by Crippen LogP contribution is -2.10. The van der Waals surface area contributed by atoms with Gasteiger partial charge in [0.2, 0.25) is 0 Å². The van der Waals surface area contributed by atoms with Gasteiger partial charge in [-0.25, -0.2) is 0 Å². The predicted molar refractivity (Wildman–Crippen MR) is 75.8 cm³/mol. The lowest BCUT2D eigenvalue weighted by atomic mass is 10.1. The third kappa shape index (κ3) is 2.81. The fourth-order valence-corrected chi connectivity index (χ4v) is 2.41. The topological polar surface area (TPSA) is 81.1 Å². The zero-order chi connectivity index (χ0) is 13.1. The van der Waals surface area contributed by atoms with Gasteiger partial charge in [0.05, 0.1) is 10.7 Å². The second-order valence-corrected chi connectivity index (χ2v) is 5.15. The Labute approximate surface area is 110 Å². The maximum absolute atomic E-state index is 11.1. The molecule has 1 heterocycles. The van der Waals surface area contributed by atoms with Crippen LogP contribution < -0.4 is 16.8 Å². The number of anilines is 2. The van der Waals surface area contributed by atoms with E-state index in [1.165, 1.54) is 22.5 Å². The number of carbonyl (C=O) groups excluding carboxylic acids is 1. The van der Waals surface area contributed by atoms with Crippen molar-refractivity contribution in [3.63, 3.8) is 0 Å². The van der Waals surface area contributed by atoms with Gasteiger partial charge in [0, 0.05) is 6.54 Å². The Morgan fingerprint density at radius 2 is 2.00 bits per heavy atom. The molecule has 94 valence electrons. The third-order valence-corrected chi connectivity index (χ3v) is 3.70. The first-order chi connectivity index (χ1) is 8.56. The molecule has 0 saturated carbocycles. The zero-order valence-electron chi connectivity index (χ0n) is 10.1. The van der Waals surface area contributed by atoms with Crippen LogP contribution in [0.2, 0.25) is 0 Å². The van der Waals surface area contributed by atoms with Gasteiger partial charge in [-0.1, -0.05) is 29.8 Å². The van der Waals surface area contributed by atoms with E-state index in [-0.39, 0.29) is 0 Å². The van der Waals surface area contributed by atoms with E-state index in [2.05, 4.69) is 36.5 Å². The van der Waals surface area contributed by atoms with E-state index in [0.29, 0.717) is 17.1 Å². The Hall–Kier alpha value is -2.01. The van der Waals surface area contributed by atoms with Crippen LogP contribution in [-0.2, 0) is 6.54 Å². The number of rotatable bonds is 4. The largest absolute Gasteiger partial charge is 0.397 e. The summed E-state index contributed by atoms with van der Waals surface area (Å²) in [6.45, 7) is 2.74. The Bertz CT molecular complexity index is 560. The van der Waals surface area contributed by atoms with Crippen molar-refractivity contribution >= 4 is 27.9 Å². The average molecular weight is 261 g/mol. The minimum absolute atomic E-state index is 0.404. The Morgan fingerprint density at radius 1 is 1.33 bits per heavy atom. The Morgan fingerprint density at radius 3 is 2.56 bits per heavy atom. The van der Waals surface area contributed by atoms with E-state index >= 15 is 0 Å². The van der Waals surface area contributed by atoms with Gasteiger partial charge in [0.25, 0.3) is 5.91 Å². The van der Waals surface area contributed by atoms with Crippen molar-refractivity contribution in [2.75, 3.05) is 11.1 Å².